The molecular weight excluding hydrogens is 258 g/mol. The molecule has 2 N–H and O–H groups in total. The van der Waals surface area contributed by atoms with Gasteiger partial charge in [0.05, 0.1) is 5.41 Å². The molecule has 1 fully saturated rings. The number of nitrogens with one attached hydrogen (secondary N) is 1. The van der Waals surface area contributed by atoms with Gasteiger partial charge in [-0.3, -0.25) is 9.59 Å². The summed E-state index contributed by atoms with van der Waals surface area (Å²) in [7, 11) is 0. The number of rotatable bonds is 4. The van der Waals surface area contributed by atoms with Gasteiger partial charge in [0.15, 0.2) is 5.76 Å². The fourth-order valence-corrected chi connectivity index (χ4v) is 2.27. The standard InChI is InChI=1S/C15H15NO4/c1-9-3-2-4-10-7-11(20-12(9)10)13(17)16-8-15(5-6-15)14(18)19/h2-4,7H,5-6,8H2,1H3,(H,16,17)(H,18,19). The zero-order chi connectivity index (χ0) is 14.3. The van der Waals surface area contributed by atoms with Gasteiger partial charge in [0.2, 0.25) is 0 Å². The lowest BCUT2D eigenvalue weighted by Gasteiger charge is -2.09. The number of furan rings is 1. The Labute approximate surface area is 115 Å². The summed E-state index contributed by atoms with van der Waals surface area (Å²) in [6.07, 6.45) is 1.23. The van der Waals surface area contributed by atoms with Crippen molar-refractivity contribution in [2.75, 3.05) is 6.54 Å². The number of para-hydroxylation sites is 1. The maximum Gasteiger partial charge on any atom is 0.311 e. The van der Waals surface area contributed by atoms with Gasteiger partial charge in [-0.05, 0) is 31.4 Å². The molecule has 0 saturated heterocycles. The van der Waals surface area contributed by atoms with Gasteiger partial charge >= 0.3 is 5.97 Å². The summed E-state index contributed by atoms with van der Waals surface area (Å²) in [5, 5.41) is 12.6. The molecule has 0 atom stereocenters. The largest absolute Gasteiger partial charge is 0.481 e. The first kappa shape index (κ1) is 12.7. The molecule has 0 spiro atoms. The predicted molar refractivity (Wildman–Crippen MR) is 72.6 cm³/mol. The molecule has 1 aromatic carbocycles. The van der Waals surface area contributed by atoms with E-state index in [0.29, 0.717) is 18.4 Å². The predicted octanol–water partition coefficient (Wildman–Crippen LogP) is 2.34. The van der Waals surface area contributed by atoms with Crippen LogP contribution in [0.25, 0.3) is 11.0 Å². The lowest BCUT2D eigenvalue weighted by molar-refractivity contribution is -0.143. The smallest absolute Gasteiger partial charge is 0.311 e. The van der Waals surface area contributed by atoms with E-state index < -0.39 is 11.4 Å². The SMILES string of the molecule is Cc1cccc2cc(C(=O)NCC3(C(=O)O)CC3)oc12. The molecule has 20 heavy (non-hydrogen) atoms. The van der Waals surface area contributed by atoms with E-state index in [2.05, 4.69) is 5.32 Å². The molecular formula is C15H15NO4. The van der Waals surface area contributed by atoms with E-state index in [0.717, 1.165) is 10.9 Å². The highest BCUT2D eigenvalue weighted by Gasteiger charge is 2.50. The van der Waals surface area contributed by atoms with Crippen molar-refractivity contribution in [1.29, 1.82) is 0 Å². The van der Waals surface area contributed by atoms with Crippen molar-refractivity contribution in [3.63, 3.8) is 0 Å². The quantitative estimate of drug-likeness (QED) is 0.896. The average Bonchev–Trinajstić information content (AvgIpc) is 3.08. The Morgan fingerprint density at radius 2 is 2.15 bits per heavy atom. The number of carboxylic acid groups (broad SMARTS) is 1. The van der Waals surface area contributed by atoms with E-state index in [4.69, 9.17) is 9.52 Å². The molecule has 5 nitrogen and oxygen atoms in total. The number of aliphatic carboxylic acids is 1. The molecule has 5 heteroatoms. The number of aryl methyl sites for hydroxylation is 1. The van der Waals surface area contributed by atoms with Crippen molar-refractivity contribution in [3.8, 4) is 0 Å². The van der Waals surface area contributed by atoms with Crippen LogP contribution in [-0.4, -0.2) is 23.5 Å². The van der Waals surface area contributed by atoms with Crippen LogP contribution < -0.4 is 5.32 Å². The van der Waals surface area contributed by atoms with Crippen LogP contribution in [0, 0.1) is 12.3 Å². The summed E-state index contributed by atoms with van der Waals surface area (Å²) < 4.78 is 5.55. The van der Waals surface area contributed by atoms with Gasteiger partial charge in [0, 0.05) is 11.9 Å². The third-order valence-corrected chi connectivity index (χ3v) is 3.86. The van der Waals surface area contributed by atoms with Gasteiger partial charge in [-0.2, -0.15) is 0 Å². The van der Waals surface area contributed by atoms with E-state index in [1.165, 1.54) is 0 Å². The Balaban J connectivity index is 1.76. The minimum absolute atomic E-state index is 0.150. The van der Waals surface area contributed by atoms with Crippen molar-refractivity contribution in [2.24, 2.45) is 5.41 Å². The molecule has 3 rings (SSSR count). The summed E-state index contributed by atoms with van der Waals surface area (Å²) in [4.78, 5) is 23.1. The minimum Gasteiger partial charge on any atom is -0.481 e. The Morgan fingerprint density at radius 1 is 1.40 bits per heavy atom. The van der Waals surface area contributed by atoms with E-state index in [-0.39, 0.29) is 18.2 Å². The molecule has 1 aliphatic rings. The Hall–Kier alpha value is -2.30. The summed E-state index contributed by atoms with van der Waals surface area (Å²) in [6.45, 7) is 2.06. The maximum atomic E-state index is 12.0. The first-order valence-electron chi connectivity index (χ1n) is 6.53. The summed E-state index contributed by atoms with van der Waals surface area (Å²) in [5.74, 6) is -0.998. The third kappa shape index (κ3) is 2.05. The van der Waals surface area contributed by atoms with E-state index in [1.807, 2.05) is 25.1 Å². The number of carbonyl (C=O) groups excluding carboxylic acids is 1. The number of amides is 1. The van der Waals surface area contributed by atoms with Crippen molar-refractivity contribution in [2.45, 2.75) is 19.8 Å². The van der Waals surface area contributed by atoms with Crippen LogP contribution in [0.5, 0.6) is 0 Å². The molecule has 0 unspecified atom stereocenters. The number of fused-ring (bicyclic) bond motifs is 1. The molecule has 0 aliphatic heterocycles. The Morgan fingerprint density at radius 3 is 2.75 bits per heavy atom. The fraction of sp³-hybridized carbons (Fsp3) is 0.333. The topological polar surface area (TPSA) is 79.5 Å². The van der Waals surface area contributed by atoms with Gasteiger partial charge < -0.3 is 14.8 Å². The van der Waals surface area contributed by atoms with Crippen molar-refractivity contribution in [1.82, 2.24) is 5.32 Å². The normalized spacial score (nSPS) is 16.1. The molecule has 0 bridgehead atoms. The third-order valence-electron chi connectivity index (χ3n) is 3.86. The molecule has 0 radical (unpaired) electrons. The molecule has 1 aliphatic carbocycles. The highest BCUT2D eigenvalue weighted by atomic mass is 16.4. The zero-order valence-electron chi connectivity index (χ0n) is 11.1. The maximum absolute atomic E-state index is 12.0. The van der Waals surface area contributed by atoms with Crippen molar-refractivity contribution >= 4 is 22.8 Å². The Kier molecular flexibility index (Phi) is 2.78. The second-order valence-electron chi connectivity index (χ2n) is 5.37. The zero-order valence-corrected chi connectivity index (χ0v) is 11.1. The van der Waals surface area contributed by atoms with Crippen molar-refractivity contribution < 1.29 is 19.1 Å². The van der Waals surface area contributed by atoms with Crippen LogP contribution in [0.4, 0.5) is 0 Å². The van der Waals surface area contributed by atoms with Gasteiger partial charge in [-0.25, -0.2) is 0 Å². The second-order valence-corrected chi connectivity index (χ2v) is 5.37. The number of carbonyl (C=O) groups is 2. The highest BCUT2D eigenvalue weighted by Crippen LogP contribution is 2.45. The molecule has 1 amide bonds. The summed E-state index contributed by atoms with van der Waals surface area (Å²) in [6, 6.07) is 7.37. The molecule has 104 valence electrons. The molecule has 1 heterocycles. The lowest BCUT2D eigenvalue weighted by atomic mass is 10.1. The molecule has 2 aromatic rings. The number of hydrogen-bond acceptors (Lipinski definition) is 3. The van der Waals surface area contributed by atoms with E-state index in [1.54, 1.807) is 6.07 Å². The molecule has 1 aromatic heterocycles. The second kappa shape index (κ2) is 4.37. The average molecular weight is 273 g/mol. The number of benzene rings is 1. The summed E-state index contributed by atoms with van der Waals surface area (Å²) in [5.41, 5.74) is 0.889. The van der Waals surface area contributed by atoms with Crippen molar-refractivity contribution in [3.05, 3.63) is 35.6 Å². The van der Waals surface area contributed by atoms with Gasteiger partial charge in [0.25, 0.3) is 5.91 Å². The van der Waals surface area contributed by atoms with Crippen LogP contribution in [0.1, 0.15) is 29.0 Å². The van der Waals surface area contributed by atoms with Gasteiger partial charge in [0.1, 0.15) is 5.58 Å². The first-order valence-corrected chi connectivity index (χ1v) is 6.53. The number of carboxylic acids is 1. The lowest BCUT2D eigenvalue weighted by Crippen LogP contribution is -2.34. The Bertz CT molecular complexity index is 697. The van der Waals surface area contributed by atoms with E-state index in [9.17, 15) is 9.59 Å². The van der Waals surface area contributed by atoms with E-state index >= 15 is 0 Å². The van der Waals surface area contributed by atoms with Gasteiger partial charge in [-0.1, -0.05) is 18.2 Å². The van der Waals surface area contributed by atoms with Gasteiger partial charge in [-0.15, -0.1) is 0 Å². The molecule has 1 saturated carbocycles. The highest BCUT2D eigenvalue weighted by molar-refractivity contribution is 5.97. The summed E-state index contributed by atoms with van der Waals surface area (Å²) >= 11 is 0. The van der Waals surface area contributed by atoms with Crippen LogP contribution in [-0.2, 0) is 4.79 Å². The fourth-order valence-electron chi connectivity index (χ4n) is 2.27. The van der Waals surface area contributed by atoms with Crippen LogP contribution in [0.15, 0.2) is 28.7 Å². The van der Waals surface area contributed by atoms with Crippen LogP contribution >= 0.6 is 0 Å². The van der Waals surface area contributed by atoms with Crippen LogP contribution in [0.2, 0.25) is 0 Å². The van der Waals surface area contributed by atoms with Crippen LogP contribution in [0.3, 0.4) is 0 Å². The number of hydrogen-bond donors (Lipinski definition) is 2. The minimum atomic E-state index is -0.849. The monoisotopic (exact) mass is 273 g/mol. The first-order chi connectivity index (χ1) is 9.52.